The van der Waals surface area contributed by atoms with Crippen molar-refractivity contribution in [1.82, 2.24) is 4.90 Å². The zero-order valence-electron chi connectivity index (χ0n) is 26.5. The summed E-state index contributed by atoms with van der Waals surface area (Å²) in [5, 5.41) is 3.25. The van der Waals surface area contributed by atoms with E-state index in [9.17, 15) is 14.4 Å². The summed E-state index contributed by atoms with van der Waals surface area (Å²) < 4.78 is 11.1. The van der Waals surface area contributed by atoms with Crippen molar-refractivity contribution in [2.24, 2.45) is 5.92 Å². The van der Waals surface area contributed by atoms with Crippen LogP contribution >= 0.6 is 0 Å². The average Bonchev–Trinajstić information content (AvgIpc) is 3.55. The number of methoxy groups -OCH3 is 1. The molecule has 3 aromatic carbocycles. The van der Waals surface area contributed by atoms with Gasteiger partial charge in [0.05, 0.1) is 13.7 Å². The molecular formula is C37H46N2O5. The number of hydrogen-bond acceptors (Lipinski definition) is 6. The lowest BCUT2D eigenvalue weighted by Crippen LogP contribution is -2.47. The molecule has 0 aliphatic heterocycles. The van der Waals surface area contributed by atoms with Gasteiger partial charge in [0, 0.05) is 35.2 Å². The third-order valence-corrected chi connectivity index (χ3v) is 8.32. The number of nitrogens with zero attached hydrogens (tertiary/aromatic N) is 1. The molecule has 0 saturated heterocycles. The number of amides is 1. The number of nitrogens with one attached hydrogen (secondary N) is 1. The third-order valence-electron chi connectivity index (χ3n) is 8.32. The fourth-order valence-electron chi connectivity index (χ4n) is 5.88. The van der Waals surface area contributed by atoms with E-state index in [1.54, 1.807) is 30.3 Å². The minimum Gasteiger partial charge on any atom is -0.492 e. The van der Waals surface area contributed by atoms with Crippen molar-refractivity contribution < 1.29 is 23.9 Å². The molecule has 0 radical (unpaired) electrons. The first kappa shape index (κ1) is 32.8. The molecule has 1 fully saturated rings. The Labute approximate surface area is 261 Å². The Morgan fingerprint density at radius 3 is 2.23 bits per heavy atom. The minimum atomic E-state index is -0.702. The molecule has 1 aliphatic rings. The minimum absolute atomic E-state index is 0.126. The summed E-state index contributed by atoms with van der Waals surface area (Å²) >= 11 is 0. The Balaban J connectivity index is 1.35. The number of esters is 1. The van der Waals surface area contributed by atoms with Gasteiger partial charge in [-0.2, -0.15) is 0 Å². The van der Waals surface area contributed by atoms with Gasteiger partial charge in [-0.25, -0.2) is 4.79 Å². The highest BCUT2D eigenvalue weighted by Gasteiger charge is 2.27. The Kier molecular flexibility index (Phi) is 11.6. The van der Waals surface area contributed by atoms with Crippen LogP contribution < -0.4 is 10.1 Å². The molecule has 0 aromatic heterocycles. The van der Waals surface area contributed by atoms with Crippen LogP contribution in [0.25, 0.3) is 0 Å². The first-order valence-corrected chi connectivity index (χ1v) is 15.7. The van der Waals surface area contributed by atoms with E-state index in [4.69, 9.17) is 9.47 Å². The number of rotatable bonds is 14. The molecule has 44 heavy (non-hydrogen) atoms. The van der Waals surface area contributed by atoms with E-state index >= 15 is 0 Å². The molecule has 4 rings (SSSR count). The van der Waals surface area contributed by atoms with Crippen LogP contribution in [0.1, 0.15) is 80.8 Å². The summed E-state index contributed by atoms with van der Waals surface area (Å²) in [5.41, 5.74) is 2.26. The highest BCUT2D eigenvalue weighted by Crippen LogP contribution is 2.29. The molecule has 234 valence electrons. The third kappa shape index (κ3) is 9.18. The molecule has 0 heterocycles. The lowest BCUT2D eigenvalue weighted by atomic mass is 9.99. The standard InChI is InChI=1S/C37H46N2O5/c1-37(2,3)39(34(40)23-20-27-12-8-9-13-27)24-25-44-30-21-18-28(19-22-30)26-33(36(42)43-4)38-32-17-11-10-16-31(32)35(41)29-14-6-5-7-15-29/h5-7,10-11,14-19,21-22,27,33,38H,8-9,12-13,20,23-26H2,1-4H3. The second-order valence-electron chi connectivity index (χ2n) is 12.6. The van der Waals surface area contributed by atoms with Crippen LogP contribution in [-0.2, 0) is 20.7 Å². The molecule has 1 N–H and O–H groups in total. The largest absolute Gasteiger partial charge is 0.492 e. The van der Waals surface area contributed by atoms with Gasteiger partial charge in [-0.3, -0.25) is 9.59 Å². The molecule has 0 bridgehead atoms. The van der Waals surface area contributed by atoms with Gasteiger partial charge in [0.15, 0.2) is 5.78 Å². The van der Waals surface area contributed by atoms with E-state index in [0.717, 1.165) is 12.0 Å². The molecule has 3 aromatic rings. The van der Waals surface area contributed by atoms with Gasteiger partial charge in [-0.15, -0.1) is 0 Å². The van der Waals surface area contributed by atoms with Crippen molar-refractivity contribution in [1.29, 1.82) is 0 Å². The van der Waals surface area contributed by atoms with Crippen LogP contribution in [-0.4, -0.2) is 54.4 Å². The van der Waals surface area contributed by atoms with Crippen LogP contribution in [0.4, 0.5) is 5.69 Å². The fourth-order valence-corrected chi connectivity index (χ4v) is 5.88. The highest BCUT2D eigenvalue weighted by atomic mass is 16.5. The molecule has 1 atom stereocenters. The molecule has 1 saturated carbocycles. The number of benzene rings is 3. The summed E-state index contributed by atoms with van der Waals surface area (Å²) in [6.07, 6.45) is 7.00. The van der Waals surface area contributed by atoms with Gasteiger partial charge in [-0.1, -0.05) is 80.3 Å². The smallest absolute Gasteiger partial charge is 0.328 e. The van der Waals surface area contributed by atoms with Crippen molar-refractivity contribution in [3.05, 3.63) is 95.6 Å². The number of hydrogen-bond donors (Lipinski definition) is 1. The number of ether oxygens (including phenoxy) is 2. The van der Waals surface area contributed by atoms with Gasteiger partial charge in [-0.05, 0) is 62.9 Å². The van der Waals surface area contributed by atoms with Crippen molar-refractivity contribution in [2.45, 2.75) is 77.3 Å². The van der Waals surface area contributed by atoms with Crippen LogP contribution in [0.5, 0.6) is 5.75 Å². The number of ketones is 1. The zero-order chi connectivity index (χ0) is 31.5. The van der Waals surface area contributed by atoms with Gasteiger partial charge in [0.25, 0.3) is 0 Å². The highest BCUT2D eigenvalue weighted by molar-refractivity contribution is 6.12. The number of para-hydroxylation sites is 1. The second-order valence-corrected chi connectivity index (χ2v) is 12.6. The monoisotopic (exact) mass is 598 g/mol. The summed E-state index contributed by atoms with van der Waals surface area (Å²) in [7, 11) is 1.36. The normalized spacial score (nSPS) is 14.1. The van der Waals surface area contributed by atoms with Crippen LogP contribution in [0.3, 0.4) is 0 Å². The van der Waals surface area contributed by atoms with Crippen molar-refractivity contribution in [3.63, 3.8) is 0 Å². The number of carbonyl (C=O) groups is 3. The predicted molar refractivity (Wildman–Crippen MR) is 174 cm³/mol. The van der Waals surface area contributed by atoms with Crippen LogP contribution in [0, 0.1) is 5.92 Å². The predicted octanol–water partition coefficient (Wildman–Crippen LogP) is 7.09. The number of carbonyl (C=O) groups excluding carboxylic acids is 3. The van der Waals surface area contributed by atoms with Crippen LogP contribution in [0.2, 0.25) is 0 Å². The van der Waals surface area contributed by atoms with E-state index in [1.165, 1.54) is 32.8 Å². The molecule has 0 spiro atoms. The Morgan fingerprint density at radius 2 is 1.57 bits per heavy atom. The maximum atomic E-state index is 13.2. The maximum absolute atomic E-state index is 13.2. The van der Waals surface area contributed by atoms with Crippen LogP contribution in [0.15, 0.2) is 78.9 Å². The average molecular weight is 599 g/mol. The van der Waals surface area contributed by atoms with E-state index in [-0.39, 0.29) is 17.2 Å². The molecular weight excluding hydrogens is 552 g/mol. The summed E-state index contributed by atoms with van der Waals surface area (Å²) in [6.45, 7) is 7.11. The summed E-state index contributed by atoms with van der Waals surface area (Å²) in [4.78, 5) is 41.0. The van der Waals surface area contributed by atoms with Gasteiger partial charge in [0.2, 0.25) is 5.91 Å². The van der Waals surface area contributed by atoms with Crippen molar-refractivity contribution >= 4 is 23.3 Å². The van der Waals surface area contributed by atoms with E-state index < -0.39 is 12.0 Å². The lowest BCUT2D eigenvalue weighted by molar-refractivity contribution is -0.141. The maximum Gasteiger partial charge on any atom is 0.328 e. The molecule has 1 unspecified atom stereocenters. The lowest BCUT2D eigenvalue weighted by Gasteiger charge is -2.36. The van der Waals surface area contributed by atoms with Gasteiger partial charge >= 0.3 is 5.97 Å². The van der Waals surface area contributed by atoms with E-state index in [1.807, 2.05) is 53.4 Å². The Morgan fingerprint density at radius 1 is 0.909 bits per heavy atom. The SMILES string of the molecule is COC(=O)C(Cc1ccc(OCCN(C(=O)CCC2CCCC2)C(C)(C)C)cc1)Nc1ccccc1C(=O)c1ccccc1. The van der Waals surface area contributed by atoms with Gasteiger partial charge < -0.3 is 19.7 Å². The molecule has 7 nitrogen and oxygen atoms in total. The molecule has 1 amide bonds. The van der Waals surface area contributed by atoms with Crippen molar-refractivity contribution in [3.8, 4) is 5.75 Å². The first-order chi connectivity index (χ1) is 21.2. The molecule has 1 aliphatic carbocycles. The Hall–Kier alpha value is -4.13. The van der Waals surface area contributed by atoms with Crippen molar-refractivity contribution in [2.75, 3.05) is 25.6 Å². The number of anilines is 1. The zero-order valence-corrected chi connectivity index (χ0v) is 26.5. The van der Waals surface area contributed by atoms with E-state index in [0.29, 0.717) is 54.5 Å². The quantitative estimate of drug-likeness (QED) is 0.158. The first-order valence-electron chi connectivity index (χ1n) is 15.7. The molecule has 7 heteroatoms. The van der Waals surface area contributed by atoms with Gasteiger partial charge in [0.1, 0.15) is 18.4 Å². The van der Waals surface area contributed by atoms with E-state index in [2.05, 4.69) is 26.1 Å². The topological polar surface area (TPSA) is 84.9 Å². The summed E-state index contributed by atoms with van der Waals surface area (Å²) in [6, 6.07) is 23.1. The summed E-state index contributed by atoms with van der Waals surface area (Å²) in [5.74, 6) is 1.03. The fraction of sp³-hybridized carbons (Fsp3) is 0.432. The second kappa shape index (κ2) is 15.6. The Bertz CT molecular complexity index is 1380.